The Balaban J connectivity index is 1.46. The molecule has 0 saturated carbocycles. The average molecular weight is 376 g/mol. The molecule has 0 aromatic carbocycles. The maximum Gasteiger partial charge on any atom is 0.498 e. The number of hydrogen-bond donors (Lipinski definition) is 1. The number of nitrogens with two attached hydrogens (primary N) is 1. The van der Waals surface area contributed by atoms with Gasteiger partial charge in [-0.3, -0.25) is 0 Å². The minimum absolute atomic E-state index is 0.370. The van der Waals surface area contributed by atoms with E-state index >= 15 is 0 Å². The van der Waals surface area contributed by atoms with Crippen LogP contribution in [0.25, 0.3) is 0 Å². The van der Waals surface area contributed by atoms with Gasteiger partial charge in [0, 0.05) is 37.5 Å². The molecule has 0 unspecified atom stereocenters. The molecule has 8 heteroatoms. The lowest BCUT2D eigenvalue weighted by Gasteiger charge is -2.32. The van der Waals surface area contributed by atoms with Gasteiger partial charge in [0.05, 0.1) is 17.8 Å². The van der Waals surface area contributed by atoms with Crippen molar-refractivity contribution in [3.05, 3.63) is 12.4 Å². The van der Waals surface area contributed by atoms with Crippen LogP contribution in [-0.4, -0.2) is 66.0 Å². The van der Waals surface area contributed by atoms with Gasteiger partial charge in [-0.15, -0.1) is 0 Å². The van der Waals surface area contributed by atoms with Gasteiger partial charge in [-0.1, -0.05) is 0 Å². The highest BCUT2D eigenvalue weighted by atomic mass is 16.7. The SMILES string of the molecule is CC1(C)OB(c2cnc(OCC[C@H]3CCCN(CCN)C3)nc2)OC1(C)C. The average Bonchev–Trinajstić information content (AvgIpc) is 2.84. The second-order valence-corrected chi connectivity index (χ2v) is 8.62. The minimum Gasteiger partial charge on any atom is -0.463 e. The predicted molar refractivity (Wildman–Crippen MR) is 106 cm³/mol. The molecule has 2 aliphatic rings. The molecule has 1 aromatic rings. The first-order chi connectivity index (χ1) is 12.8. The summed E-state index contributed by atoms with van der Waals surface area (Å²) in [7, 11) is -0.445. The fourth-order valence-electron chi connectivity index (χ4n) is 3.59. The quantitative estimate of drug-likeness (QED) is 0.717. The van der Waals surface area contributed by atoms with Crippen molar-refractivity contribution in [3.63, 3.8) is 0 Å². The molecule has 7 nitrogen and oxygen atoms in total. The molecule has 1 aromatic heterocycles. The van der Waals surface area contributed by atoms with Crippen LogP contribution >= 0.6 is 0 Å². The summed E-state index contributed by atoms with van der Waals surface area (Å²) in [5.41, 5.74) is 5.74. The first kappa shape index (κ1) is 20.5. The van der Waals surface area contributed by atoms with E-state index in [1.807, 2.05) is 27.7 Å². The predicted octanol–water partition coefficient (Wildman–Crippen LogP) is 1.22. The monoisotopic (exact) mass is 376 g/mol. The topological polar surface area (TPSA) is 82.7 Å². The molecular formula is C19H33BN4O3. The zero-order valence-corrected chi connectivity index (χ0v) is 17.1. The smallest absolute Gasteiger partial charge is 0.463 e. The fraction of sp³-hybridized carbons (Fsp3) is 0.789. The van der Waals surface area contributed by atoms with Gasteiger partial charge < -0.3 is 24.7 Å². The van der Waals surface area contributed by atoms with Crippen LogP contribution in [0.5, 0.6) is 6.01 Å². The number of piperidine rings is 1. The van der Waals surface area contributed by atoms with E-state index in [0.717, 1.165) is 38.1 Å². The third kappa shape index (κ3) is 4.99. The van der Waals surface area contributed by atoms with Crippen molar-refractivity contribution in [2.24, 2.45) is 11.7 Å². The molecule has 3 heterocycles. The summed E-state index contributed by atoms with van der Waals surface area (Å²) < 4.78 is 17.8. The van der Waals surface area contributed by atoms with Crippen LogP contribution in [0.2, 0.25) is 0 Å². The van der Waals surface area contributed by atoms with Gasteiger partial charge in [0.15, 0.2) is 0 Å². The van der Waals surface area contributed by atoms with Crippen LogP contribution in [0.3, 0.4) is 0 Å². The van der Waals surface area contributed by atoms with E-state index in [4.69, 9.17) is 19.8 Å². The molecule has 2 aliphatic heterocycles. The maximum atomic E-state index is 6.02. The Morgan fingerprint density at radius 2 is 1.89 bits per heavy atom. The van der Waals surface area contributed by atoms with E-state index < -0.39 is 7.12 Å². The van der Waals surface area contributed by atoms with Crippen LogP contribution in [0.4, 0.5) is 0 Å². The third-order valence-electron chi connectivity index (χ3n) is 5.98. The highest BCUT2D eigenvalue weighted by molar-refractivity contribution is 6.61. The zero-order chi connectivity index (χ0) is 19.5. The molecule has 2 fully saturated rings. The second-order valence-electron chi connectivity index (χ2n) is 8.62. The van der Waals surface area contributed by atoms with Gasteiger partial charge in [0.25, 0.3) is 0 Å². The van der Waals surface area contributed by atoms with Crippen LogP contribution < -0.4 is 15.9 Å². The van der Waals surface area contributed by atoms with Gasteiger partial charge in [-0.2, -0.15) is 0 Å². The van der Waals surface area contributed by atoms with Crippen LogP contribution in [0.15, 0.2) is 12.4 Å². The number of aromatic nitrogens is 2. The van der Waals surface area contributed by atoms with Crippen molar-refractivity contribution in [2.45, 2.75) is 58.2 Å². The van der Waals surface area contributed by atoms with Crippen molar-refractivity contribution >= 4 is 12.6 Å². The van der Waals surface area contributed by atoms with Gasteiger partial charge in [0.2, 0.25) is 0 Å². The molecule has 0 radical (unpaired) electrons. The number of hydrogen-bond acceptors (Lipinski definition) is 7. The maximum absolute atomic E-state index is 6.02. The van der Waals surface area contributed by atoms with E-state index in [2.05, 4.69) is 14.9 Å². The van der Waals surface area contributed by atoms with E-state index in [0.29, 0.717) is 18.5 Å². The van der Waals surface area contributed by atoms with Crippen LogP contribution in [0, 0.1) is 5.92 Å². The molecule has 3 rings (SSSR count). The van der Waals surface area contributed by atoms with E-state index in [-0.39, 0.29) is 11.2 Å². The molecular weight excluding hydrogens is 343 g/mol. The highest BCUT2D eigenvalue weighted by Gasteiger charge is 2.51. The van der Waals surface area contributed by atoms with Crippen LogP contribution in [-0.2, 0) is 9.31 Å². The van der Waals surface area contributed by atoms with Crippen molar-refractivity contribution in [1.29, 1.82) is 0 Å². The Hall–Kier alpha value is -1.22. The number of rotatable bonds is 7. The van der Waals surface area contributed by atoms with Gasteiger partial charge >= 0.3 is 13.1 Å². The molecule has 27 heavy (non-hydrogen) atoms. The minimum atomic E-state index is -0.445. The largest absolute Gasteiger partial charge is 0.498 e. The Bertz CT molecular complexity index is 593. The van der Waals surface area contributed by atoms with Gasteiger partial charge in [-0.25, -0.2) is 9.97 Å². The normalized spacial score (nSPS) is 24.9. The molecule has 150 valence electrons. The lowest BCUT2D eigenvalue weighted by atomic mass is 9.81. The fourth-order valence-corrected chi connectivity index (χ4v) is 3.59. The van der Waals surface area contributed by atoms with E-state index in [9.17, 15) is 0 Å². The molecule has 2 N–H and O–H groups in total. The Kier molecular flexibility index (Phi) is 6.41. The zero-order valence-electron chi connectivity index (χ0n) is 17.1. The van der Waals surface area contributed by atoms with Crippen molar-refractivity contribution in [2.75, 3.05) is 32.8 Å². The summed E-state index contributed by atoms with van der Waals surface area (Å²) >= 11 is 0. The van der Waals surface area contributed by atoms with Gasteiger partial charge in [0.1, 0.15) is 0 Å². The standard InChI is InChI=1S/C19H33BN4O3/c1-18(2)19(3,4)27-20(26-18)16-12-22-17(23-13-16)25-11-7-15-6-5-9-24(14-15)10-8-21/h12-13,15H,5-11,14,21H2,1-4H3/t15-/m1/s1. The van der Waals surface area contributed by atoms with Gasteiger partial charge in [-0.05, 0) is 59.4 Å². The molecule has 1 atom stereocenters. The summed E-state index contributed by atoms with van der Waals surface area (Å²) in [6, 6.07) is 0.407. The number of nitrogens with zero attached hydrogens (tertiary/aromatic N) is 3. The summed E-state index contributed by atoms with van der Waals surface area (Å²) in [4.78, 5) is 11.1. The van der Waals surface area contributed by atoms with Crippen molar-refractivity contribution < 1.29 is 14.0 Å². The molecule has 0 spiro atoms. The summed E-state index contributed by atoms with van der Waals surface area (Å²) in [6.07, 6.45) is 6.97. The van der Waals surface area contributed by atoms with E-state index in [1.165, 1.54) is 12.8 Å². The van der Waals surface area contributed by atoms with Crippen molar-refractivity contribution in [3.8, 4) is 6.01 Å². The van der Waals surface area contributed by atoms with Crippen LogP contribution in [0.1, 0.15) is 47.0 Å². The highest BCUT2D eigenvalue weighted by Crippen LogP contribution is 2.36. The Labute approximate surface area is 163 Å². The summed E-state index contributed by atoms with van der Waals surface area (Å²) in [5.74, 6) is 0.661. The first-order valence-electron chi connectivity index (χ1n) is 10.0. The summed E-state index contributed by atoms with van der Waals surface area (Å²) in [6.45, 7) is 12.8. The second kappa shape index (κ2) is 8.43. The number of ether oxygens (including phenoxy) is 1. The molecule has 0 aliphatic carbocycles. The van der Waals surface area contributed by atoms with Crippen molar-refractivity contribution in [1.82, 2.24) is 14.9 Å². The Morgan fingerprint density at radius 3 is 2.52 bits per heavy atom. The van der Waals surface area contributed by atoms with E-state index in [1.54, 1.807) is 12.4 Å². The first-order valence-corrected chi connectivity index (χ1v) is 10.0. The lowest BCUT2D eigenvalue weighted by molar-refractivity contribution is 0.00578. The molecule has 2 saturated heterocycles. The number of likely N-dealkylation sites (tertiary alicyclic amines) is 1. The third-order valence-corrected chi connectivity index (χ3v) is 5.98. The Morgan fingerprint density at radius 1 is 1.22 bits per heavy atom. The summed E-state index contributed by atoms with van der Waals surface area (Å²) in [5, 5.41) is 0. The molecule has 0 amide bonds. The lowest BCUT2D eigenvalue weighted by Crippen LogP contribution is -2.41. The molecule has 0 bridgehead atoms.